The summed E-state index contributed by atoms with van der Waals surface area (Å²) in [6.07, 6.45) is 1.11. The highest BCUT2D eigenvalue weighted by Gasteiger charge is 2.40. The Labute approximate surface area is 179 Å². The van der Waals surface area contributed by atoms with Crippen LogP contribution >= 0.6 is 0 Å². The van der Waals surface area contributed by atoms with E-state index in [9.17, 15) is 9.59 Å². The lowest BCUT2D eigenvalue weighted by molar-refractivity contribution is 0.0628. The first-order chi connectivity index (χ1) is 15.0. The Morgan fingerprint density at radius 2 is 1.84 bits per heavy atom. The quantitative estimate of drug-likeness (QED) is 0.647. The van der Waals surface area contributed by atoms with Gasteiger partial charge in [0.2, 0.25) is 0 Å². The van der Waals surface area contributed by atoms with E-state index in [0.717, 1.165) is 11.3 Å². The normalized spacial score (nSPS) is 19.8. The molecule has 0 N–H and O–H groups in total. The number of cyclic esters (lactones) is 1. The number of carbonyl (C=O) groups excluding carboxylic acids is 2. The average Bonchev–Trinajstić information content (AvgIpc) is 3.37. The third-order valence-corrected chi connectivity index (χ3v) is 6.17. The number of benzene rings is 1. The van der Waals surface area contributed by atoms with Gasteiger partial charge in [-0.2, -0.15) is 5.10 Å². The van der Waals surface area contributed by atoms with Gasteiger partial charge in [0.15, 0.2) is 11.3 Å². The Morgan fingerprint density at radius 1 is 1.10 bits per heavy atom. The van der Waals surface area contributed by atoms with E-state index < -0.39 is 0 Å². The molecular weight excluding hydrogens is 396 g/mol. The maximum atomic E-state index is 13.1. The van der Waals surface area contributed by atoms with Gasteiger partial charge < -0.3 is 9.64 Å². The molecule has 0 bridgehead atoms. The van der Waals surface area contributed by atoms with Crippen molar-refractivity contribution in [3.05, 3.63) is 59.0 Å². The number of aromatic nitrogens is 4. The van der Waals surface area contributed by atoms with Crippen molar-refractivity contribution < 1.29 is 14.3 Å². The topological polar surface area (TPSA) is 92.9 Å². The molecule has 2 saturated heterocycles. The minimum absolute atomic E-state index is 0.0349. The summed E-state index contributed by atoms with van der Waals surface area (Å²) in [7, 11) is 0. The van der Waals surface area contributed by atoms with Gasteiger partial charge in [-0.15, -0.1) is 10.2 Å². The molecular formula is C22H24N6O3. The third kappa shape index (κ3) is 3.39. The minimum atomic E-state index is -0.278. The van der Waals surface area contributed by atoms with Crippen LogP contribution in [0.1, 0.15) is 46.3 Å². The number of fused-ring (bicyclic) bond motifs is 1. The van der Waals surface area contributed by atoms with Crippen LogP contribution in [0.15, 0.2) is 36.4 Å². The molecule has 4 heterocycles. The lowest BCUT2D eigenvalue weighted by atomic mass is 9.99. The zero-order chi connectivity index (χ0) is 21.5. The van der Waals surface area contributed by atoms with Crippen LogP contribution in [0.2, 0.25) is 0 Å². The fraction of sp³-hybridized carbons (Fsp3) is 0.409. The second-order valence-corrected chi connectivity index (χ2v) is 8.12. The average molecular weight is 420 g/mol. The maximum Gasteiger partial charge on any atom is 0.410 e. The Bertz CT molecular complexity index is 1140. The molecule has 1 unspecified atom stereocenters. The van der Waals surface area contributed by atoms with Crippen LogP contribution in [-0.4, -0.2) is 67.3 Å². The summed E-state index contributed by atoms with van der Waals surface area (Å²) >= 11 is 0. The van der Waals surface area contributed by atoms with Gasteiger partial charge in [-0.05, 0) is 32.3 Å². The SMILES string of the molecule is Cc1cc2nnc(C(=O)N3CCC(N4C(=O)OCC4c4ccccc4)CC3)c(C)n2n1. The molecule has 2 fully saturated rings. The second-order valence-electron chi connectivity index (χ2n) is 8.12. The number of likely N-dealkylation sites (tertiary alicyclic amines) is 1. The van der Waals surface area contributed by atoms with Gasteiger partial charge in [-0.1, -0.05) is 30.3 Å². The Kier molecular flexibility index (Phi) is 4.80. The number of hydrogen-bond donors (Lipinski definition) is 0. The van der Waals surface area contributed by atoms with E-state index in [4.69, 9.17) is 4.74 Å². The van der Waals surface area contributed by atoms with Crippen LogP contribution in [0.5, 0.6) is 0 Å². The summed E-state index contributed by atoms with van der Waals surface area (Å²) in [5.41, 5.74) is 3.52. The van der Waals surface area contributed by atoms with Crippen LogP contribution in [-0.2, 0) is 4.74 Å². The number of piperidine rings is 1. The molecule has 1 aromatic carbocycles. The van der Waals surface area contributed by atoms with Gasteiger partial charge in [0.05, 0.1) is 17.4 Å². The van der Waals surface area contributed by atoms with Crippen molar-refractivity contribution in [3.8, 4) is 0 Å². The first-order valence-corrected chi connectivity index (χ1v) is 10.5. The van der Waals surface area contributed by atoms with Gasteiger partial charge >= 0.3 is 6.09 Å². The van der Waals surface area contributed by atoms with Crippen molar-refractivity contribution in [2.24, 2.45) is 0 Å². The monoisotopic (exact) mass is 420 g/mol. The standard InChI is InChI=1S/C22H24N6O3/c1-14-12-19-23-24-20(15(2)28(19)25-14)21(29)26-10-8-17(9-11-26)27-18(13-31-22(27)30)16-6-4-3-5-7-16/h3-7,12,17-18H,8-11,13H2,1-2H3. The third-order valence-electron chi connectivity index (χ3n) is 6.17. The van der Waals surface area contributed by atoms with Crippen molar-refractivity contribution in [2.75, 3.05) is 19.7 Å². The molecule has 9 heteroatoms. The van der Waals surface area contributed by atoms with Crippen molar-refractivity contribution in [1.82, 2.24) is 29.6 Å². The highest BCUT2D eigenvalue weighted by molar-refractivity contribution is 5.93. The Hall–Kier alpha value is -3.49. The molecule has 2 aliphatic rings. The molecule has 0 spiro atoms. The molecule has 2 aliphatic heterocycles. The van der Waals surface area contributed by atoms with Gasteiger partial charge in [0, 0.05) is 25.2 Å². The van der Waals surface area contributed by atoms with Gasteiger partial charge in [-0.25, -0.2) is 9.31 Å². The van der Waals surface area contributed by atoms with Gasteiger partial charge in [0.1, 0.15) is 6.61 Å². The first kappa shape index (κ1) is 19.5. The van der Waals surface area contributed by atoms with Gasteiger partial charge in [-0.3, -0.25) is 9.69 Å². The molecule has 31 heavy (non-hydrogen) atoms. The van der Waals surface area contributed by atoms with E-state index in [1.165, 1.54) is 0 Å². The lowest BCUT2D eigenvalue weighted by Gasteiger charge is -2.37. The number of nitrogens with zero attached hydrogens (tertiary/aromatic N) is 6. The molecule has 9 nitrogen and oxygen atoms in total. The summed E-state index contributed by atoms with van der Waals surface area (Å²) in [5, 5.41) is 12.7. The second kappa shape index (κ2) is 7.64. The molecule has 0 saturated carbocycles. The van der Waals surface area contributed by atoms with Crippen molar-refractivity contribution in [1.29, 1.82) is 0 Å². The van der Waals surface area contributed by atoms with Crippen LogP contribution in [0.25, 0.3) is 5.65 Å². The van der Waals surface area contributed by atoms with Crippen LogP contribution in [0.4, 0.5) is 4.79 Å². The molecule has 3 aromatic rings. The first-order valence-electron chi connectivity index (χ1n) is 10.5. The summed E-state index contributed by atoms with van der Waals surface area (Å²) in [6, 6.07) is 11.7. The molecule has 2 amide bonds. The Balaban J connectivity index is 1.30. The fourth-order valence-corrected chi connectivity index (χ4v) is 4.54. The largest absolute Gasteiger partial charge is 0.447 e. The summed E-state index contributed by atoms with van der Waals surface area (Å²) in [6.45, 7) is 5.17. The highest BCUT2D eigenvalue weighted by atomic mass is 16.6. The summed E-state index contributed by atoms with van der Waals surface area (Å²) in [4.78, 5) is 29.2. The molecule has 0 radical (unpaired) electrons. The number of hydrogen-bond acceptors (Lipinski definition) is 6. The maximum absolute atomic E-state index is 13.1. The van der Waals surface area contributed by atoms with E-state index in [1.54, 1.807) is 9.42 Å². The molecule has 5 rings (SSSR count). The zero-order valence-corrected chi connectivity index (χ0v) is 17.6. The number of rotatable bonds is 3. The zero-order valence-electron chi connectivity index (χ0n) is 17.6. The van der Waals surface area contributed by atoms with E-state index in [-0.39, 0.29) is 24.1 Å². The van der Waals surface area contributed by atoms with E-state index in [0.29, 0.717) is 49.6 Å². The predicted octanol–water partition coefficient (Wildman–Crippen LogP) is 2.54. The van der Waals surface area contributed by atoms with E-state index in [1.807, 2.05) is 55.1 Å². The summed E-state index contributed by atoms with van der Waals surface area (Å²) in [5.74, 6) is -0.151. The van der Waals surface area contributed by atoms with Crippen LogP contribution in [0.3, 0.4) is 0 Å². The van der Waals surface area contributed by atoms with Crippen molar-refractivity contribution in [3.63, 3.8) is 0 Å². The van der Waals surface area contributed by atoms with E-state index in [2.05, 4.69) is 15.3 Å². The number of carbonyl (C=O) groups is 2. The van der Waals surface area contributed by atoms with Crippen LogP contribution in [0, 0.1) is 13.8 Å². The molecule has 0 aliphatic carbocycles. The Morgan fingerprint density at radius 3 is 2.58 bits per heavy atom. The van der Waals surface area contributed by atoms with Crippen LogP contribution < -0.4 is 0 Å². The van der Waals surface area contributed by atoms with Crippen molar-refractivity contribution >= 4 is 17.6 Å². The molecule has 2 aromatic heterocycles. The van der Waals surface area contributed by atoms with Crippen molar-refractivity contribution in [2.45, 2.75) is 38.8 Å². The van der Waals surface area contributed by atoms with Gasteiger partial charge in [0.25, 0.3) is 5.91 Å². The number of ether oxygens (including phenoxy) is 1. The lowest BCUT2D eigenvalue weighted by Crippen LogP contribution is -2.48. The number of amides is 2. The summed E-state index contributed by atoms with van der Waals surface area (Å²) < 4.78 is 7.03. The smallest absolute Gasteiger partial charge is 0.410 e. The highest BCUT2D eigenvalue weighted by Crippen LogP contribution is 2.33. The number of aryl methyl sites for hydroxylation is 2. The predicted molar refractivity (Wildman–Crippen MR) is 112 cm³/mol. The minimum Gasteiger partial charge on any atom is -0.447 e. The molecule has 160 valence electrons. The molecule has 1 atom stereocenters. The van der Waals surface area contributed by atoms with E-state index >= 15 is 0 Å². The fourth-order valence-electron chi connectivity index (χ4n) is 4.54.